The lowest BCUT2D eigenvalue weighted by Gasteiger charge is -2.05. The Morgan fingerprint density at radius 1 is 1.38 bits per heavy atom. The summed E-state index contributed by atoms with van der Waals surface area (Å²) in [5.74, 6) is -0.0801. The zero-order chi connectivity index (χ0) is 15.0. The van der Waals surface area contributed by atoms with Crippen molar-refractivity contribution in [3.8, 4) is 11.4 Å². The van der Waals surface area contributed by atoms with E-state index in [1.807, 2.05) is 18.2 Å². The molecule has 2 heterocycles. The van der Waals surface area contributed by atoms with Crippen molar-refractivity contribution < 1.29 is 4.79 Å². The summed E-state index contributed by atoms with van der Waals surface area (Å²) in [6.45, 7) is 0. The number of primary amides is 1. The van der Waals surface area contributed by atoms with E-state index in [0.29, 0.717) is 22.2 Å². The molecule has 1 amide bonds. The SMILES string of the molecule is CNc1cnc(C(N)=O)c(-c2cc3cc(Cl)ccc3[nH]2)n1. The number of nitrogens with one attached hydrogen (secondary N) is 2. The van der Waals surface area contributed by atoms with E-state index < -0.39 is 5.91 Å². The van der Waals surface area contributed by atoms with E-state index in [-0.39, 0.29) is 5.69 Å². The van der Waals surface area contributed by atoms with Gasteiger partial charge in [0.2, 0.25) is 0 Å². The van der Waals surface area contributed by atoms with Gasteiger partial charge < -0.3 is 16.0 Å². The molecule has 106 valence electrons. The molecule has 0 saturated heterocycles. The van der Waals surface area contributed by atoms with Crippen molar-refractivity contribution >= 4 is 34.2 Å². The Balaban J connectivity index is 2.22. The Kier molecular flexibility index (Phi) is 3.23. The maximum Gasteiger partial charge on any atom is 0.269 e. The number of hydrogen-bond donors (Lipinski definition) is 3. The van der Waals surface area contributed by atoms with Gasteiger partial charge in [-0.05, 0) is 24.3 Å². The van der Waals surface area contributed by atoms with E-state index in [1.54, 1.807) is 13.1 Å². The average Bonchev–Trinajstić information content (AvgIpc) is 2.89. The number of rotatable bonds is 3. The van der Waals surface area contributed by atoms with E-state index in [1.165, 1.54) is 6.20 Å². The second-order valence-electron chi connectivity index (χ2n) is 4.48. The Bertz CT molecular complexity index is 842. The van der Waals surface area contributed by atoms with E-state index in [9.17, 15) is 4.79 Å². The van der Waals surface area contributed by atoms with Crippen molar-refractivity contribution in [3.63, 3.8) is 0 Å². The van der Waals surface area contributed by atoms with Gasteiger partial charge in [-0.3, -0.25) is 4.79 Å². The first-order valence-electron chi connectivity index (χ1n) is 6.21. The first kappa shape index (κ1) is 13.4. The molecule has 0 aliphatic heterocycles. The van der Waals surface area contributed by atoms with Gasteiger partial charge in [-0.2, -0.15) is 0 Å². The van der Waals surface area contributed by atoms with Crippen molar-refractivity contribution in [1.29, 1.82) is 0 Å². The first-order chi connectivity index (χ1) is 10.1. The third-order valence-electron chi connectivity index (χ3n) is 3.10. The van der Waals surface area contributed by atoms with Gasteiger partial charge in [-0.1, -0.05) is 11.6 Å². The zero-order valence-electron chi connectivity index (χ0n) is 11.1. The summed E-state index contributed by atoms with van der Waals surface area (Å²) >= 11 is 5.98. The van der Waals surface area contributed by atoms with E-state index in [0.717, 1.165) is 10.9 Å². The van der Waals surface area contributed by atoms with Crippen molar-refractivity contribution in [2.24, 2.45) is 5.73 Å². The molecule has 0 fully saturated rings. The van der Waals surface area contributed by atoms with E-state index in [4.69, 9.17) is 17.3 Å². The second kappa shape index (κ2) is 5.06. The Hall–Kier alpha value is -2.60. The number of aromatic nitrogens is 3. The number of benzene rings is 1. The molecule has 0 radical (unpaired) electrons. The number of carbonyl (C=O) groups is 1. The monoisotopic (exact) mass is 301 g/mol. The van der Waals surface area contributed by atoms with Gasteiger partial charge in [-0.25, -0.2) is 9.97 Å². The highest BCUT2D eigenvalue weighted by Gasteiger charge is 2.16. The van der Waals surface area contributed by atoms with Crippen molar-refractivity contribution in [2.45, 2.75) is 0 Å². The number of nitrogens with zero attached hydrogens (tertiary/aromatic N) is 2. The van der Waals surface area contributed by atoms with Crippen LogP contribution in [0.5, 0.6) is 0 Å². The Morgan fingerprint density at radius 2 is 2.19 bits per heavy atom. The summed E-state index contributed by atoms with van der Waals surface area (Å²) in [5, 5.41) is 4.44. The highest BCUT2D eigenvalue weighted by atomic mass is 35.5. The predicted molar refractivity (Wildman–Crippen MR) is 82.4 cm³/mol. The first-order valence-corrected chi connectivity index (χ1v) is 6.59. The lowest BCUT2D eigenvalue weighted by molar-refractivity contribution is 0.0996. The van der Waals surface area contributed by atoms with Gasteiger partial charge in [-0.15, -0.1) is 0 Å². The number of H-pyrrole nitrogens is 1. The summed E-state index contributed by atoms with van der Waals surface area (Å²) in [4.78, 5) is 23.1. The molecule has 0 spiro atoms. The molecule has 1 aromatic carbocycles. The number of aromatic amines is 1. The molecule has 0 atom stereocenters. The Labute approximate surface area is 125 Å². The number of carbonyl (C=O) groups excluding carboxylic acids is 1. The van der Waals surface area contributed by atoms with Gasteiger partial charge in [0.05, 0.1) is 11.9 Å². The number of nitrogens with two attached hydrogens (primary N) is 1. The summed E-state index contributed by atoms with van der Waals surface area (Å²) in [6, 6.07) is 7.34. The van der Waals surface area contributed by atoms with Crippen LogP contribution in [0.2, 0.25) is 5.02 Å². The standard InChI is InChI=1S/C14H12ClN5O/c1-17-11-6-18-13(14(16)21)12(20-11)10-5-7-4-8(15)2-3-9(7)19-10/h2-6,19H,1H3,(H2,16,21)(H,17,20). The van der Waals surface area contributed by atoms with Gasteiger partial charge >= 0.3 is 0 Å². The fourth-order valence-electron chi connectivity index (χ4n) is 2.11. The van der Waals surface area contributed by atoms with Crippen LogP contribution in [0, 0.1) is 0 Å². The van der Waals surface area contributed by atoms with E-state index >= 15 is 0 Å². The number of amides is 1. The van der Waals surface area contributed by atoms with E-state index in [2.05, 4.69) is 20.3 Å². The van der Waals surface area contributed by atoms with Crippen molar-refractivity contribution in [1.82, 2.24) is 15.0 Å². The average molecular weight is 302 g/mol. The molecule has 3 rings (SSSR count). The van der Waals surface area contributed by atoms with Crippen LogP contribution in [0.15, 0.2) is 30.5 Å². The fraction of sp³-hybridized carbons (Fsp3) is 0.0714. The molecule has 6 nitrogen and oxygen atoms in total. The van der Waals surface area contributed by atoms with Crippen LogP contribution in [0.4, 0.5) is 5.82 Å². The van der Waals surface area contributed by atoms with Crippen LogP contribution in [0.3, 0.4) is 0 Å². The third kappa shape index (κ3) is 2.41. The van der Waals surface area contributed by atoms with Crippen LogP contribution >= 0.6 is 11.6 Å². The summed E-state index contributed by atoms with van der Waals surface area (Å²) < 4.78 is 0. The van der Waals surface area contributed by atoms with Crippen LogP contribution in [0.25, 0.3) is 22.3 Å². The number of fused-ring (bicyclic) bond motifs is 1. The normalized spacial score (nSPS) is 10.8. The summed E-state index contributed by atoms with van der Waals surface area (Å²) in [5.41, 5.74) is 7.43. The minimum Gasteiger partial charge on any atom is -0.372 e. The van der Waals surface area contributed by atoms with Crippen molar-refractivity contribution in [2.75, 3.05) is 12.4 Å². The lowest BCUT2D eigenvalue weighted by atomic mass is 10.2. The smallest absolute Gasteiger partial charge is 0.269 e. The van der Waals surface area contributed by atoms with Gasteiger partial charge in [0.1, 0.15) is 11.5 Å². The van der Waals surface area contributed by atoms with Crippen LogP contribution in [0.1, 0.15) is 10.5 Å². The summed E-state index contributed by atoms with van der Waals surface area (Å²) in [6.07, 6.45) is 1.46. The molecule has 21 heavy (non-hydrogen) atoms. The third-order valence-corrected chi connectivity index (χ3v) is 3.34. The zero-order valence-corrected chi connectivity index (χ0v) is 11.9. The van der Waals surface area contributed by atoms with Crippen molar-refractivity contribution in [3.05, 3.63) is 41.2 Å². The predicted octanol–water partition coefficient (Wildman–Crippen LogP) is 2.42. The topological polar surface area (TPSA) is 96.7 Å². The summed E-state index contributed by atoms with van der Waals surface area (Å²) in [7, 11) is 1.72. The minimum atomic E-state index is -0.628. The maximum atomic E-state index is 11.5. The minimum absolute atomic E-state index is 0.117. The van der Waals surface area contributed by atoms with Crippen LogP contribution in [-0.2, 0) is 0 Å². The molecule has 2 aromatic heterocycles. The molecule has 0 unspecified atom stereocenters. The molecule has 4 N–H and O–H groups in total. The fourth-order valence-corrected chi connectivity index (χ4v) is 2.29. The molecular formula is C14H12ClN5O. The molecule has 0 aliphatic rings. The maximum absolute atomic E-state index is 11.5. The number of hydrogen-bond acceptors (Lipinski definition) is 4. The molecule has 7 heteroatoms. The molecular weight excluding hydrogens is 290 g/mol. The second-order valence-corrected chi connectivity index (χ2v) is 4.92. The van der Waals surface area contributed by atoms with Gasteiger partial charge in [0.15, 0.2) is 5.69 Å². The van der Waals surface area contributed by atoms with Gasteiger partial charge in [0, 0.05) is 23.0 Å². The highest BCUT2D eigenvalue weighted by molar-refractivity contribution is 6.31. The van der Waals surface area contributed by atoms with Crippen LogP contribution < -0.4 is 11.1 Å². The number of halogens is 1. The van der Waals surface area contributed by atoms with Gasteiger partial charge in [0.25, 0.3) is 5.91 Å². The number of anilines is 1. The quantitative estimate of drug-likeness (QED) is 0.692. The molecule has 0 bridgehead atoms. The lowest BCUT2D eigenvalue weighted by Crippen LogP contribution is -2.16. The highest BCUT2D eigenvalue weighted by Crippen LogP contribution is 2.27. The molecule has 3 aromatic rings. The molecule has 0 aliphatic carbocycles. The largest absolute Gasteiger partial charge is 0.372 e. The Morgan fingerprint density at radius 3 is 2.90 bits per heavy atom. The van der Waals surface area contributed by atoms with Crippen LogP contribution in [-0.4, -0.2) is 27.9 Å². The molecule has 0 saturated carbocycles.